The summed E-state index contributed by atoms with van der Waals surface area (Å²) >= 11 is 0. The van der Waals surface area contributed by atoms with Crippen LogP contribution in [0.25, 0.3) is 0 Å². The van der Waals surface area contributed by atoms with Gasteiger partial charge in [0.15, 0.2) is 12.1 Å². The smallest absolute Gasteiger partial charge is 0.186 e. The van der Waals surface area contributed by atoms with Crippen LogP contribution in [0.2, 0.25) is 0 Å². The summed E-state index contributed by atoms with van der Waals surface area (Å²) in [5.41, 5.74) is 1.63. The lowest BCUT2D eigenvalue weighted by molar-refractivity contribution is -0.278. The molecule has 0 spiro atoms. The first kappa shape index (κ1) is 27.6. The fourth-order valence-corrected chi connectivity index (χ4v) is 5.44. The highest BCUT2D eigenvalue weighted by atomic mass is 16.8. The van der Waals surface area contributed by atoms with Crippen LogP contribution in [-0.4, -0.2) is 69.5 Å². The molecular formula is C31H36O8. The third kappa shape index (κ3) is 5.28. The van der Waals surface area contributed by atoms with Gasteiger partial charge in [0.1, 0.15) is 41.5 Å². The molecule has 2 fully saturated rings. The summed E-state index contributed by atoms with van der Waals surface area (Å²) in [6.45, 7) is 3.66. The van der Waals surface area contributed by atoms with Crippen molar-refractivity contribution in [2.75, 3.05) is 27.9 Å². The molecule has 3 aromatic rings. The number of hydrogen-bond acceptors (Lipinski definition) is 8. The fourth-order valence-electron chi connectivity index (χ4n) is 5.44. The number of aliphatic hydroxyl groups excluding tert-OH is 1. The summed E-state index contributed by atoms with van der Waals surface area (Å²) < 4.78 is 41.6. The van der Waals surface area contributed by atoms with Crippen LogP contribution in [0.4, 0.5) is 0 Å². The molecule has 0 unspecified atom stereocenters. The van der Waals surface area contributed by atoms with E-state index >= 15 is 0 Å². The molecule has 8 heteroatoms. The van der Waals surface area contributed by atoms with Crippen molar-refractivity contribution in [1.29, 1.82) is 0 Å². The Labute approximate surface area is 229 Å². The van der Waals surface area contributed by atoms with E-state index in [9.17, 15) is 5.11 Å². The number of methoxy groups -OCH3 is 3. The van der Waals surface area contributed by atoms with Crippen LogP contribution in [0.3, 0.4) is 0 Å². The van der Waals surface area contributed by atoms with Gasteiger partial charge in [0.05, 0.1) is 20.8 Å². The van der Waals surface area contributed by atoms with Crippen LogP contribution in [0, 0.1) is 0 Å². The van der Waals surface area contributed by atoms with E-state index in [0.717, 1.165) is 28.2 Å². The van der Waals surface area contributed by atoms with Crippen molar-refractivity contribution in [2.24, 2.45) is 0 Å². The summed E-state index contributed by atoms with van der Waals surface area (Å²) in [5, 5.41) is 11.3. The van der Waals surface area contributed by atoms with Gasteiger partial charge in [0, 0.05) is 7.11 Å². The highest BCUT2D eigenvalue weighted by Gasteiger charge is 2.55. The molecule has 0 saturated carbocycles. The minimum atomic E-state index is -1.05. The van der Waals surface area contributed by atoms with Crippen molar-refractivity contribution in [3.63, 3.8) is 0 Å². The predicted molar refractivity (Wildman–Crippen MR) is 144 cm³/mol. The Bertz CT molecular complexity index is 1160. The molecule has 2 aliphatic rings. The van der Waals surface area contributed by atoms with Crippen molar-refractivity contribution in [2.45, 2.75) is 55.9 Å². The molecule has 2 aliphatic heterocycles. The minimum Gasteiger partial charge on any atom is -0.497 e. The van der Waals surface area contributed by atoms with E-state index in [0.29, 0.717) is 0 Å². The highest BCUT2D eigenvalue weighted by Crippen LogP contribution is 2.43. The normalized spacial score (nSPS) is 26.2. The first-order chi connectivity index (χ1) is 18.8. The molecule has 0 aromatic heterocycles. The van der Waals surface area contributed by atoms with Gasteiger partial charge in [0.25, 0.3) is 0 Å². The summed E-state index contributed by atoms with van der Waals surface area (Å²) in [6, 6.07) is 25.5. The maximum atomic E-state index is 11.3. The van der Waals surface area contributed by atoms with Gasteiger partial charge in [-0.2, -0.15) is 0 Å². The molecule has 5 atom stereocenters. The lowest BCUT2D eigenvalue weighted by Gasteiger charge is -2.42. The van der Waals surface area contributed by atoms with E-state index in [2.05, 4.69) is 0 Å². The van der Waals surface area contributed by atoms with E-state index in [1.807, 2.05) is 92.7 Å². The standard InChI is InChI=1S/C31H36O8/c1-30(2)38-27-26(32)25(37-29(35-5)28(27)39-30)19-36-31(20-9-7-6-8-10-20,21-11-15-23(33-3)16-12-21)22-13-17-24(34-4)18-14-22/h6-18,25-29,32H,19H2,1-5H3/t25-,26+,27+,28-,29+/m1/s1. The van der Waals surface area contributed by atoms with E-state index in [1.54, 1.807) is 21.3 Å². The molecule has 0 radical (unpaired) electrons. The van der Waals surface area contributed by atoms with Crippen LogP contribution in [0.15, 0.2) is 78.9 Å². The number of ether oxygens (including phenoxy) is 7. The molecule has 8 nitrogen and oxygen atoms in total. The summed E-state index contributed by atoms with van der Waals surface area (Å²) in [5.74, 6) is 0.597. The Kier molecular flexibility index (Phi) is 7.96. The average molecular weight is 537 g/mol. The quantitative estimate of drug-likeness (QED) is 0.406. The van der Waals surface area contributed by atoms with Crippen molar-refractivity contribution >= 4 is 0 Å². The molecule has 2 heterocycles. The molecule has 0 aliphatic carbocycles. The van der Waals surface area contributed by atoms with Gasteiger partial charge in [-0.1, -0.05) is 54.6 Å². The van der Waals surface area contributed by atoms with Crippen LogP contribution < -0.4 is 9.47 Å². The molecule has 39 heavy (non-hydrogen) atoms. The van der Waals surface area contributed by atoms with Crippen molar-refractivity contribution in [3.05, 3.63) is 95.6 Å². The lowest BCUT2D eigenvalue weighted by atomic mass is 9.80. The van der Waals surface area contributed by atoms with E-state index in [4.69, 9.17) is 33.2 Å². The zero-order valence-corrected chi connectivity index (χ0v) is 22.9. The lowest BCUT2D eigenvalue weighted by Crippen LogP contribution is -2.58. The number of hydrogen-bond donors (Lipinski definition) is 1. The predicted octanol–water partition coefficient (Wildman–Crippen LogP) is 4.26. The third-order valence-electron chi connectivity index (χ3n) is 7.33. The molecule has 5 rings (SSSR count). The molecule has 2 saturated heterocycles. The van der Waals surface area contributed by atoms with Crippen molar-refractivity contribution < 1.29 is 38.3 Å². The van der Waals surface area contributed by atoms with Crippen LogP contribution in [0.5, 0.6) is 11.5 Å². The van der Waals surface area contributed by atoms with Gasteiger partial charge in [0.2, 0.25) is 0 Å². The Hall–Kier alpha value is -2.98. The zero-order valence-electron chi connectivity index (χ0n) is 22.9. The van der Waals surface area contributed by atoms with Gasteiger partial charge in [-0.05, 0) is 54.8 Å². The van der Waals surface area contributed by atoms with Crippen molar-refractivity contribution in [1.82, 2.24) is 0 Å². The second-order valence-corrected chi connectivity index (χ2v) is 10.1. The molecule has 1 N–H and O–H groups in total. The Morgan fingerprint density at radius 1 is 0.744 bits per heavy atom. The van der Waals surface area contributed by atoms with Crippen molar-refractivity contribution in [3.8, 4) is 11.5 Å². The Balaban J connectivity index is 1.56. The van der Waals surface area contributed by atoms with E-state index < -0.39 is 42.1 Å². The van der Waals surface area contributed by atoms with Gasteiger partial charge in [-0.15, -0.1) is 0 Å². The van der Waals surface area contributed by atoms with Gasteiger partial charge in [-0.25, -0.2) is 0 Å². The summed E-state index contributed by atoms with van der Waals surface area (Å²) in [6.07, 6.45) is -3.64. The molecular weight excluding hydrogens is 500 g/mol. The Morgan fingerprint density at radius 3 is 1.77 bits per heavy atom. The van der Waals surface area contributed by atoms with E-state index in [1.165, 1.54) is 0 Å². The number of rotatable bonds is 9. The summed E-state index contributed by atoms with van der Waals surface area (Å²) in [4.78, 5) is 0. The first-order valence-electron chi connectivity index (χ1n) is 13.0. The maximum absolute atomic E-state index is 11.3. The van der Waals surface area contributed by atoms with Gasteiger partial charge < -0.3 is 38.3 Å². The largest absolute Gasteiger partial charge is 0.497 e. The third-order valence-corrected chi connectivity index (χ3v) is 7.33. The number of aliphatic hydroxyl groups is 1. The van der Waals surface area contributed by atoms with Gasteiger partial charge in [-0.3, -0.25) is 0 Å². The van der Waals surface area contributed by atoms with Crippen LogP contribution in [0.1, 0.15) is 30.5 Å². The first-order valence-corrected chi connectivity index (χ1v) is 13.0. The zero-order chi connectivity index (χ0) is 27.6. The number of fused-ring (bicyclic) bond motifs is 1. The molecule has 3 aromatic carbocycles. The highest BCUT2D eigenvalue weighted by molar-refractivity contribution is 5.49. The van der Waals surface area contributed by atoms with Crippen LogP contribution >= 0.6 is 0 Å². The Morgan fingerprint density at radius 2 is 1.26 bits per heavy atom. The maximum Gasteiger partial charge on any atom is 0.186 e. The average Bonchev–Trinajstić information content (AvgIpc) is 3.31. The van der Waals surface area contributed by atoms with E-state index in [-0.39, 0.29) is 6.61 Å². The van der Waals surface area contributed by atoms with Gasteiger partial charge >= 0.3 is 0 Å². The van der Waals surface area contributed by atoms with Crippen LogP contribution in [-0.2, 0) is 29.3 Å². The minimum absolute atomic E-state index is 0.0426. The second-order valence-electron chi connectivity index (χ2n) is 10.1. The topological polar surface area (TPSA) is 84.8 Å². The molecule has 0 amide bonds. The monoisotopic (exact) mass is 536 g/mol. The SMILES string of the molecule is COc1ccc(C(OC[C@H]2O[C@H](OC)[C@@H]3OC(C)(C)O[C@H]3[C@H]2O)(c2ccccc2)c2ccc(OC)cc2)cc1. The molecule has 208 valence electrons. The fraction of sp³-hybridized carbons (Fsp3) is 0.419. The second kappa shape index (κ2) is 11.3. The summed E-state index contributed by atoms with van der Waals surface area (Å²) in [7, 11) is 4.82. The molecule has 0 bridgehead atoms. The number of benzene rings is 3.